The van der Waals surface area contributed by atoms with Crippen molar-refractivity contribution < 1.29 is 9.53 Å². The van der Waals surface area contributed by atoms with Crippen molar-refractivity contribution in [1.82, 2.24) is 4.90 Å². The number of amides is 1. The summed E-state index contributed by atoms with van der Waals surface area (Å²) in [6.07, 6.45) is 2.23. The van der Waals surface area contributed by atoms with Crippen molar-refractivity contribution in [3.8, 4) is 0 Å². The summed E-state index contributed by atoms with van der Waals surface area (Å²) >= 11 is 0. The summed E-state index contributed by atoms with van der Waals surface area (Å²) in [6, 6.07) is 7.56. The molecule has 2 N–H and O–H groups in total. The molecule has 0 aromatic heterocycles. The first-order chi connectivity index (χ1) is 9.91. The Morgan fingerprint density at radius 3 is 2.62 bits per heavy atom. The van der Waals surface area contributed by atoms with Crippen molar-refractivity contribution in [1.29, 1.82) is 0 Å². The Kier molecular flexibility index (Phi) is 4.88. The number of likely N-dealkylation sites (N-methyl/N-ethyl adjacent to an activating group) is 1. The van der Waals surface area contributed by atoms with Gasteiger partial charge in [0.25, 0.3) is 0 Å². The van der Waals surface area contributed by atoms with Crippen LogP contribution in [0.2, 0.25) is 0 Å². The van der Waals surface area contributed by atoms with Gasteiger partial charge in [0.05, 0.1) is 12.0 Å². The second-order valence-electron chi connectivity index (χ2n) is 6.52. The average Bonchev–Trinajstić information content (AvgIpc) is 2.48. The molecule has 116 valence electrons. The predicted molar refractivity (Wildman–Crippen MR) is 85.1 cm³/mol. The molecule has 1 unspecified atom stereocenters. The highest BCUT2D eigenvalue weighted by molar-refractivity contribution is 5.87. The molecule has 0 radical (unpaired) electrons. The molecule has 1 aliphatic heterocycles. The van der Waals surface area contributed by atoms with Gasteiger partial charge in [-0.1, -0.05) is 12.1 Å². The van der Waals surface area contributed by atoms with Gasteiger partial charge in [0, 0.05) is 25.9 Å². The molecule has 1 heterocycles. The number of hydrogen-bond acceptors (Lipinski definition) is 3. The summed E-state index contributed by atoms with van der Waals surface area (Å²) in [5.74, 6) is 0.591. The van der Waals surface area contributed by atoms with E-state index in [0.717, 1.165) is 43.9 Å². The van der Waals surface area contributed by atoms with Crippen LogP contribution in [0.25, 0.3) is 0 Å². The zero-order chi connectivity index (χ0) is 15.5. The van der Waals surface area contributed by atoms with Crippen LogP contribution in [-0.4, -0.2) is 37.6 Å². The number of nitrogens with two attached hydrogens (primary N) is 1. The molecule has 1 saturated heterocycles. The maximum absolute atomic E-state index is 12.8. The summed E-state index contributed by atoms with van der Waals surface area (Å²) in [5.41, 5.74) is 6.89. The van der Waals surface area contributed by atoms with Gasteiger partial charge in [-0.3, -0.25) is 4.79 Å². The Bertz CT molecular complexity index is 476. The minimum Gasteiger partial charge on any atom is -0.399 e. The number of carbonyl (C=O) groups is 1. The number of nitrogens with zero attached hydrogens (tertiary/aromatic N) is 1. The van der Waals surface area contributed by atoms with E-state index in [1.165, 1.54) is 0 Å². The Hall–Kier alpha value is -1.55. The number of nitrogen functional groups attached to an aromatic ring is 1. The Morgan fingerprint density at radius 1 is 1.38 bits per heavy atom. The van der Waals surface area contributed by atoms with E-state index in [0.29, 0.717) is 5.92 Å². The van der Waals surface area contributed by atoms with Crippen LogP contribution in [-0.2, 0) is 14.9 Å². The average molecular weight is 290 g/mol. The minimum atomic E-state index is -0.544. The zero-order valence-corrected chi connectivity index (χ0v) is 13.3. The Labute approximate surface area is 127 Å². The summed E-state index contributed by atoms with van der Waals surface area (Å²) in [6.45, 7) is 6.31. The van der Waals surface area contributed by atoms with Crippen molar-refractivity contribution in [3.63, 3.8) is 0 Å². The first-order valence-electron chi connectivity index (χ1n) is 7.60. The number of hydrogen-bond donors (Lipinski definition) is 1. The van der Waals surface area contributed by atoms with E-state index in [4.69, 9.17) is 10.5 Å². The molecule has 1 fully saturated rings. The molecule has 4 heteroatoms. The van der Waals surface area contributed by atoms with Gasteiger partial charge in [0.2, 0.25) is 5.91 Å². The fourth-order valence-electron chi connectivity index (χ4n) is 2.92. The van der Waals surface area contributed by atoms with Crippen molar-refractivity contribution >= 4 is 11.6 Å². The Morgan fingerprint density at radius 2 is 2.05 bits per heavy atom. The van der Waals surface area contributed by atoms with Crippen LogP contribution >= 0.6 is 0 Å². The van der Waals surface area contributed by atoms with Gasteiger partial charge in [-0.2, -0.15) is 0 Å². The van der Waals surface area contributed by atoms with Gasteiger partial charge < -0.3 is 15.4 Å². The highest BCUT2D eigenvalue weighted by Gasteiger charge is 2.33. The molecular weight excluding hydrogens is 264 g/mol. The quantitative estimate of drug-likeness (QED) is 0.867. The van der Waals surface area contributed by atoms with Gasteiger partial charge in [0.15, 0.2) is 0 Å². The van der Waals surface area contributed by atoms with Crippen LogP contribution in [0.3, 0.4) is 0 Å². The van der Waals surface area contributed by atoms with E-state index < -0.39 is 5.41 Å². The second-order valence-corrected chi connectivity index (χ2v) is 6.52. The molecule has 0 bridgehead atoms. The fraction of sp³-hybridized carbons (Fsp3) is 0.588. The van der Waals surface area contributed by atoms with Crippen LogP contribution in [0, 0.1) is 5.92 Å². The Balaban J connectivity index is 2.04. The lowest BCUT2D eigenvalue weighted by Gasteiger charge is -2.33. The second kappa shape index (κ2) is 6.48. The molecule has 1 atom stereocenters. The summed E-state index contributed by atoms with van der Waals surface area (Å²) < 4.78 is 5.49. The van der Waals surface area contributed by atoms with Gasteiger partial charge in [-0.15, -0.1) is 0 Å². The van der Waals surface area contributed by atoms with Crippen molar-refractivity contribution in [2.45, 2.75) is 32.1 Å². The molecule has 0 aliphatic carbocycles. The van der Waals surface area contributed by atoms with Crippen molar-refractivity contribution in [2.24, 2.45) is 5.92 Å². The topological polar surface area (TPSA) is 55.6 Å². The zero-order valence-electron chi connectivity index (χ0n) is 13.3. The SMILES string of the molecule is CN(CC1CCCOC1)C(=O)C(C)(C)c1ccc(N)cc1. The molecule has 2 rings (SSSR count). The number of anilines is 1. The van der Waals surface area contributed by atoms with Gasteiger partial charge in [-0.25, -0.2) is 0 Å². The maximum atomic E-state index is 12.8. The summed E-state index contributed by atoms with van der Waals surface area (Å²) in [5, 5.41) is 0. The van der Waals surface area contributed by atoms with E-state index in [2.05, 4.69) is 0 Å². The molecule has 0 saturated carbocycles. The van der Waals surface area contributed by atoms with Crippen molar-refractivity contribution in [3.05, 3.63) is 29.8 Å². The molecule has 21 heavy (non-hydrogen) atoms. The summed E-state index contributed by atoms with van der Waals surface area (Å²) in [4.78, 5) is 14.6. The first kappa shape index (κ1) is 15.8. The van der Waals surface area contributed by atoms with Gasteiger partial charge >= 0.3 is 0 Å². The van der Waals surface area contributed by atoms with E-state index in [1.807, 2.05) is 50.1 Å². The van der Waals surface area contributed by atoms with E-state index in [1.54, 1.807) is 0 Å². The largest absolute Gasteiger partial charge is 0.399 e. The van der Waals surface area contributed by atoms with Gasteiger partial charge in [-0.05, 0) is 50.3 Å². The monoisotopic (exact) mass is 290 g/mol. The smallest absolute Gasteiger partial charge is 0.232 e. The third-order valence-corrected chi connectivity index (χ3v) is 4.30. The van der Waals surface area contributed by atoms with Crippen LogP contribution in [0.4, 0.5) is 5.69 Å². The van der Waals surface area contributed by atoms with E-state index in [-0.39, 0.29) is 5.91 Å². The molecular formula is C17H26N2O2. The third kappa shape index (κ3) is 3.76. The summed E-state index contributed by atoms with van der Waals surface area (Å²) in [7, 11) is 1.88. The first-order valence-corrected chi connectivity index (χ1v) is 7.60. The van der Waals surface area contributed by atoms with Crippen LogP contribution < -0.4 is 5.73 Å². The molecule has 1 amide bonds. The lowest BCUT2D eigenvalue weighted by Crippen LogP contribution is -2.44. The predicted octanol–water partition coefficient (Wildman–Crippen LogP) is 2.43. The highest BCUT2D eigenvalue weighted by Crippen LogP contribution is 2.27. The van der Waals surface area contributed by atoms with Gasteiger partial charge in [0.1, 0.15) is 0 Å². The number of rotatable bonds is 4. The van der Waals surface area contributed by atoms with Crippen LogP contribution in [0.15, 0.2) is 24.3 Å². The number of ether oxygens (including phenoxy) is 1. The van der Waals surface area contributed by atoms with Crippen LogP contribution in [0.5, 0.6) is 0 Å². The normalized spacial score (nSPS) is 19.3. The highest BCUT2D eigenvalue weighted by atomic mass is 16.5. The molecule has 1 aliphatic rings. The lowest BCUT2D eigenvalue weighted by atomic mass is 9.83. The molecule has 4 nitrogen and oxygen atoms in total. The lowest BCUT2D eigenvalue weighted by molar-refractivity contribution is -0.136. The third-order valence-electron chi connectivity index (χ3n) is 4.30. The van der Waals surface area contributed by atoms with Crippen molar-refractivity contribution in [2.75, 3.05) is 32.5 Å². The fourth-order valence-corrected chi connectivity index (χ4v) is 2.92. The maximum Gasteiger partial charge on any atom is 0.232 e. The number of carbonyl (C=O) groups excluding carboxylic acids is 1. The molecule has 1 aromatic rings. The standard InChI is InChI=1S/C17H26N2O2/c1-17(2,14-6-8-15(18)9-7-14)16(20)19(3)11-13-5-4-10-21-12-13/h6-9,13H,4-5,10-12,18H2,1-3H3. The van der Waals surface area contributed by atoms with Crippen LogP contribution in [0.1, 0.15) is 32.3 Å². The molecule has 0 spiro atoms. The number of benzene rings is 1. The minimum absolute atomic E-state index is 0.137. The van der Waals surface area contributed by atoms with E-state index >= 15 is 0 Å². The molecule has 1 aromatic carbocycles. The van der Waals surface area contributed by atoms with E-state index in [9.17, 15) is 4.79 Å².